The van der Waals surface area contributed by atoms with Gasteiger partial charge in [-0.25, -0.2) is 0 Å². The normalized spacial score (nSPS) is 10.0. The topological polar surface area (TPSA) is 69.2 Å². The van der Waals surface area contributed by atoms with Crippen LogP contribution in [0.4, 0.5) is 5.69 Å². The summed E-state index contributed by atoms with van der Waals surface area (Å²) in [6, 6.07) is 6.46. The third kappa shape index (κ3) is 1.35. The number of nitro groups is 1. The summed E-state index contributed by atoms with van der Waals surface area (Å²) < 4.78 is 4.63. The summed E-state index contributed by atoms with van der Waals surface area (Å²) in [7, 11) is 0. The Bertz CT molecular complexity index is 451. The molecule has 2 rings (SSSR count). The van der Waals surface area contributed by atoms with Gasteiger partial charge in [0.15, 0.2) is 0 Å². The van der Waals surface area contributed by atoms with Crippen LogP contribution in [0.5, 0.6) is 0 Å². The van der Waals surface area contributed by atoms with E-state index >= 15 is 0 Å². The number of para-hydroxylation sites is 1. The molecule has 0 saturated heterocycles. The lowest BCUT2D eigenvalue weighted by atomic mass is 10.1. The summed E-state index contributed by atoms with van der Waals surface area (Å²) >= 11 is 0. The average molecular weight is 190 g/mol. The van der Waals surface area contributed by atoms with Crippen LogP contribution in [0.1, 0.15) is 0 Å². The van der Waals surface area contributed by atoms with Crippen LogP contribution in [0, 0.1) is 10.1 Å². The lowest BCUT2D eigenvalue weighted by Crippen LogP contribution is -1.90. The van der Waals surface area contributed by atoms with Gasteiger partial charge in [-0.15, -0.1) is 0 Å². The summed E-state index contributed by atoms with van der Waals surface area (Å²) in [4.78, 5) is 10.2. The molecule has 0 spiro atoms. The lowest BCUT2D eigenvalue weighted by Gasteiger charge is -1.97. The highest BCUT2D eigenvalue weighted by atomic mass is 16.6. The Morgan fingerprint density at radius 2 is 2.14 bits per heavy atom. The van der Waals surface area contributed by atoms with Crippen LogP contribution in [0.25, 0.3) is 11.1 Å². The summed E-state index contributed by atoms with van der Waals surface area (Å²) in [5.41, 5.74) is 1.17. The van der Waals surface area contributed by atoms with Crippen LogP contribution >= 0.6 is 0 Å². The molecule has 5 nitrogen and oxygen atoms in total. The van der Waals surface area contributed by atoms with Crippen molar-refractivity contribution in [3.05, 3.63) is 46.8 Å². The Kier molecular flexibility index (Phi) is 1.98. The molecule has 0 aliphatic carbocycles. The number of aromatic nitrogens is 1. The molecule has 0 fully saturated rings. The highest BCUT2D eigenvalue weighted by Crippen LogP contribution is 2.28. The molecule has 0 radical (unpaired) electrons. The number of rotatable bonds is 2. The molecule has 0 amide bonds. The molecule has 1 heterocycles. The molecule has 0 unspecified atom stereocenters. The number of hydrogen-bond donors (Lipinski definition) is 0. The second-order valence-corrected chi connectivity index (χ2v) is 2.69. The van der Waals surface area contributed by atoms with Crippen molar-refractivity contribution in [1.29, 1.82) is 0 Å². The third-order valence-electron chi connectivity index (χ3n) is 1.84. The number of benzene rings is 1. The third-order valence-corrected chi connectivity index (χ3v) is 1.84. The van der Waals surface area contributed by atoms with Gasteiger partial charge >= 0.3 is 0 Å². The summed E-state index contributed by atoms with van der Waals surface area (Å²) in [5.74, 6) is 0. The number of nitro benzene ring substituents is 1. The predicted molar refractivity (Wildman–Crippen MR) is 48.6 cm³/mol. The zero-order valence-electron chi connectivity index (χ0n) is 7.08. The molecule has 0 aliphatic heterocycles. The monoisotopic (exact) mass is 190 g/mol. The van der Waals surface area contributed by atoms with Gasteiger partial charge < -0.3 is 4.52 Å². The molecular weight excluding hydrogens is 184 g/mol. The minimum atomic E-state index is -0.428. The quantitative estimate of drug-likeness (QED) is 0.537. The van der Waals surface area contributed by atoms with Crippen molar-refractivity contribution in [2.45, 2.75) is 0 Å². The largest absolute Gasteiger partial charge is 0.364 e. The minimum absolute atomic E-state index is 0.0516. The Hall–Kier alpha value is -2.17. The Morgan fingerprint density at radius 3 is 2.79 bits per heavy atom. The van der Waals surface area contributed by atoms with Crippen LogP contribution in [0.3, 0.4) is 0 Å². The van der Waals surface area contributed by atoms with Crippen LogP contribution in [0.2, 0.25) is 0 Å². The molecule has 0 N–H and O–H groups in total. The zero-order valence-corrected chi connectivity index (χ0v) is 7.08. The SMILES string of the molecule is O=[N+]([O-])c1ccccc1-c1cnoc1. The first-order chi connectivity index (χ1) is 6.79. The highest BCUT2D eigenvalue weighted by Gasteiger charge is 2.14. The first-order valence-electron chi connectivity index (χ1n) is 3.92. The molecular formula is C9H6N2O3. The predicted octanol–water partition coefficient (Wildman–Crippen LogP) is 2.25. The van der Waals surface area contributed by atoms with E-state index in [2.05, 4.69) is 9.68 Å². The van der Waals surface area contributed by atoms with Crippen molar-refractivity contribution >= 4 is 5.69 Å². The fourth-order valence-corrected chi connectivity index (χ4v) is 1.21. The van der Waals surface area contributed by atoms with E-state index in [0.29, 0.717) is 11.1 Å². The fourth-order valence-electron chi connectivity index (χ4n) is 1.21. The maximum absolute atomic E-state index is 10.7. The molecule has 2 aromatic rings. The van der Waals surface area contributed by atoms with E-state index in [4.69, 9.17) is 0 Å². The molecule has 0 atom stereocenters. The van der Waals surface area contributed by atoms with Crippen LogP contribution in [0.15, 0.2) is 41.2 Å². The van der Waals surface area contributed by atoms with Gasteiger partial charge in [0, 0.05) is 11.6 Å². The highest BCUT2D eigenvalue weighted by molar-refractivity contribution is 5.71. The zero-order chi connectivity index (χ0) is 9.97. The number of hydrogen-bond acceptors (Lipinski definition) is 4. The maximum atomic E-state index is 10.7. The molecule has 70 valence electrons. The number of nitrogens with zero attached hydrogens (tertiary/aromatic N) is 2. The first kappa shape index (κ1) is 8.43. The van der Waals surface area contributed by atoms with E-state index in [0.717, 1.165) is 0 Å². The summed E-state index contributed by atoms with van der Waals surface area (Å²) in [6.07, 6.45) is 2.82. The van der Waals surface area contributed by atoms with Crippen LogP contribution < -0.4 is 0 Å². The Balaban J connectivity index is 2.58. The van der Waals surface area contributed by atoms with Gasteiger partial charge in [-0.2, -0.15) is 0 Å². The van der Waals surface area contributed by atoms with E-state index in [9.17, 15) is 10.1 Å². The van der Waals surface area contributed by atoms with E-state index in [1.54, 1.807) is 18.2 Å². The van der Waals surface area contributed by atoms with Crippen molar-refractivity contribution in [2.24, 2.45) is 0 Å². The fraction of sp³-hybridized carbons (Fsp3) is 0. The average Bonchev–Trinajstić information content (AvgIpc) is 2.70. The van der Waals surface area contributed by atoms with Crippen molar-refractivity contribution in [3.8, 4) is 11.1 Å². The van der Waals surface area contributed by atoms with Crippen molar-refractivity contribution in [1.82, 2.24) is 5.16 Å². The molecule has 0 saturated carbocycles. The summed E-state index contributed by atoms with van der Waals surface area (Å²) in [6.45, 7) is 0. The first-order valence-corrected chi connectivity index (χ1v) is 3.92. The van der Waals surface area contributed by atoms with Gasteiger partial charge in [-0.05, 0) is 6.07 Å². The smallest absolute Gasteiger partial charge is 0.277 e. The van der Waals surface area contributed by atoms with E-state index in [-0.39, 0.29) is 5.69 Å². The minimum Gasteiger partial charge on any atom is -0.364 e. The Labute approximate surface area is 79.1 Å². The van der Waals surface area contributed by atoms with Crippen molar-refractivity contribution < 1.29 is 9.45 Å². The second-order valence-electron chi connectivity index (χ2n) is 2.69. The van der Waals surface area contributed by atoms with Gasteiger partial charge in [0.05, 0.1) is 16.7 Å². The van der Waals surface area contributed by atoms with Crippen LogP contribution in [-0.2, 0) is 0 Å². The van der Waals surface area contributed by atoms with Gasteiger partial charge in [0.1, 0.15) is 6.26 Å². The molecule has 0 bridgehead atoms. The van der Waals surface area contributed by atoms with Gasteiger partial charge in [-0.1, -0.05) is 17.3 Å². The molecule has 1 aromatic heterocycles. The van der Waals surface area contributed by atoms with Crippen LogP contribution in [-0.4, -0.2) is 10.1 Å². The lowest BCUT2D eigenvalue weighted by molar-refractivity contribution is -0.384. The van der Waals surface area contributed by atoms with E-state index in [1.165, 1.54) is 18.5 Å². The second kappa shape index (κ2) is 3.29. The van der Waals surface area contributed by atoms with E-state index in [1.807, 2.05) is 0 Å². The van der Waals surface area contributed by atoms with Crippen molar-refractivity contribution in [2.75, 3.05) is 0 Å². The van der Waals surface area contributed by atoms with Gasteiger partial charge in [-0.3, -0.25) is 10.1 Å². The van der Waals surface area contributed by atoms with Gasteiger partial charge in [0.25, 0.3) is 5.69 Å². The molecule has 0 aliphatic rings. The molecule has 14 heavy (non-hydrogen) atoms. The standard InChI is InChI=1S/C9H6N2O3/c12-11(13)9-4-2-1-3-8(9)7-5-10-14-6-7/h1-6H. The molecule has 5 heteroatoms. The Morgan fingerprint density at radius 1 is 1.36 bits per heavy atom. The van der Waals surface area contributed by atoms with E-state index < -0.39 is 4.92 Å². The van der Waals surface area contributed by atoms with Gasteiger partial charge in [0.2, 0.25) is 0 Å². The van der Waals surface area contributed by atoms with Crippen molar-refractivity contribution in [3.63, 3.8) is 0 Å². The molecule has 1 aromatic carbocycles. The summed E-state index contributed by atoms with van der Waals surface area (Å²) in [5, 5.41) is 14.2. The maximum Gasteiger partial charge on any atom is 0.277 e.